The van der Waals surface area contributed by atoms with Gasteiger partial charge in [0.15, 0.2) is 0 Å². The van der Waals surface area contributed by atoms with E-state index < -0.39 is 30.6 Å². The maximum atomic E-state index is 12.2. The van der Waals surface area contributed by atoms with E-state index >= 15 is 0 Å². The van der Waals surface area contributed by atoms with Crippen molar-refractivity contribution >= 4 is 28.5 Å². The Morgan fingerprint density at radius 3 is 2.69 bits per heavy atom. The van der Waals surface area contributed by atoms with Crippen LogP contribution in [0.15, 0.2) is 36.9 Å². The molecule has 0 aliphatic carbocycles. The van der Waals surface area contributed by atoms with Gasteiger partial charge in [0.25, 0.3) is 0 Å². The number of alkyl halides is 3. The van der Waals surface area contributed by atoms with Gasteiger partial charge in [-0.3, -0.25) is 14.6 Å². The molecule has 3 aromatic rings. The summed E-state index contributed by atoms with van der Waals surface area (Å²) in [5.41, 5.74) is 7.87. The Kier molecular flexibility index (Phi) is 5.39. The maximum Gasteiger partial charge on any atom is 0.405 e. The summed E-state index contributed by atoms with van der Waals surface area (Å²) in [5, 5.41) is 5.29. The van der Waals surface area contributed by atoms with Crippen LogP contribution in [-0.2, 0) is 4.79 Å². The van der Waals surface area contributed by atoms with Crippen molar-refractivity contribution in [3.63, 3.8) is 0 Å². The Morgan fingerprint density at radius 2 is 2.00 bits per heavy atom. The average Bonchev–Trinajstić information content (AvgIpc) is 3.08. The van der Waals surface area contributed by atoms with E-state index in [1.807, 2.05) is 5.32 Å². The first-order chi connectivity index (χ1) is 13.6. The fourth-order valence-corrected chi connectivity index (χ4v) is 2.70. The smallest absolute Gasteiger partial charge is 0.373 e. The number of aromatic nitrogens is 3. The highest BCUT2D eigenvalue weighted by Crippen LogP contribution is 2.29. The van der Waals surface area contributed by atoms with Gasteiger partial charge in [0.2, 0.25) is 11.8 Å². The van der Waals surface area contributed by atoms with E-state index in [2.05, 4.69) is 20.3 Å². The first-order valence-corrected chi connectivity index (χ1v) is 8.47. The summed E-state index contributed by atoms with van der Waals surface area (Å²) in [5.74, 6) is -1.41. The van der Waals surface area contributed by atoms with Crippen molar-refractivity contribution in [3.8, 4) is 11.1 Å². The monoisotopic (exact) mass is 406 g/mol. The molecule has 0 saturated carbocycles. The molecule has 11 heteroatoms. The number of amides is 2. The van der Waals surface area contributed by atoms with Gasteiger partial charge in [-0.2, -0.15) is 13.2 Å². The molecule has 0 bridgehead atoms. The summed E-state index contributed by atoms with van der Waals surface area (Å²) >= 11 is 0. The predicted octanol–water partition coefficient (Wildman–Crippen LogP) is 2.20. The number of nitrogens with zero attached hydrogens (tertiary/aromatic N) is 2. The second-order valence-electron chi connectivity index (χ2n) is 6.35. The molecule has 29 heavy (non-hydrogen) atoms. The van der Waals surface area contributed by atoms with Crippen LogP contribution in [0.2, 0.25) is 0 Å². The number of carbonyl (C=O) groups excluding carboxylic acids is 2. The second kappa shape index (κ2) is 7.78. The largest absolute Gasteiger partial charge is 0.405 e. The number of hydrogen-bond donors (Lipinski definition) is 4. The molecule has 5 N–H and O–H groups in total. The lowest BCUT2D eigenvalue weighted by atomic mass is 10.1. The number of pyridine rings is 2. The Bertz CT molecular complexity index is 1060. The Hall–Kier alpha value is -3.63. The van der Waals surface area contributed by atoms with Crippen LogP contribution in [0.3, 0.4) is 0 Å². The van der Waals surface area contributed by atoms with Gasteiger partial charge < -0.3 is 21.4 Å². The highest BCUT2D eigenvalue weighted by molar-refractivity contribution is 6.00. The number of nitrogens with one attached hydrogen (secondary N) is 3. The SMILES string of the molecule is CC(Nc1cncc(-c2c[nH]c3ncc(C(N)=O)cc23)c1)C(=O)NCC(F)(F)F. The Balaban J connectivity index is 1.81. The van der Waals surface area contributed by atoms with Crippen LogP contribution in [0.5, 0.6) is 0 Å². The molecule has 0 fully saturated rings. The number of halogens is 3. The fraction of sp³-hybridized carbons (Fsp3) is 0.222. The quantitative estimate of drug-likeness (QED) is 0.499. The third-order valence-corrected chi connectivity index (χ3v) is 4.10. The van der Waals surface area contributed by atoms with Gasteiger partial charge in [0.05, 0.1) is 11.3 Å². The van der Waals surface area contributed by atoms with Crippen molar-refractivity contribution in [2.75, 3.05) is 11.9 Å². The first kappa shape index (κ1) is 20.1. The third kappa shape index (κ3) is 4.81. The number of H-pyrrole nitrogens is 1. The molecule has 0 saturated heterocycles. The van der Waals surface area contributed by atoms with E-state index in [9.17, 15) is 22.8 Å². The molecular weight excluding hydrogens is 389 g/mol. The van der Waals surface area contributed by atoms with Crippen molar-refractivity contribution in [1.29, 1.82) is 0 Å². The zero-order valence-electron chi connectivity index (χ0n) is 15.2. The minimum atomic E-state index is -4.48. The minimum absolute atomic E-state index is 0.246. The summed E-state index contributed by atoms with van der Waals surface area (Å²) in [6, 6.07) is 2.37. The molecule has 0 aromatic carbocycles. The second-order valence-corrected chi connectivity index (χ2v) is 6.35. The van der Waals surface area contributed by atoms with Crippen LogP contribution in [-0.4, -0.2) is 45.5 Å². The third-order valence-electron chi connectivity index (χ3n) is 4.10. The molecule has 152 valence electrons. The lowest BCUT2D eigenvalue weighted by molar-refractivity contribution is -0.138. The molecule has 2 amide bonds. The number of anilines is 1. The van der Waals surface area contributed by atoms with Crippen molar-refractivity contribution in [3.05, 3.63) is 42.5 Å². The molecule has 1 atom stereocenters. The average molecular weight is 406 g/mol. The molecule has 8 nitrogen and oxygen atoms in total. The zero-order valence-corrected chi connectivity index (χ0v) is 15.2. The predicted molar refractivity (Wildman–Crippen MR) is 100.0 cm³/mol. The minimum Gasteiger partial charge on any atom is -0.373 e. The van der Waals surface area contributed by atoms with Crippen molar-refractivity contribution in [2.24, 2.45) is 5.73 Å². The highest BCUT2D eigenvalue weighted by atomic mass is 19.4. The van der Waals surface area contributed by atoms with E-state index in [0.717, 1.165) is 0 Å². The molecule has 3 rings (SSSR count). The van der Waals surface area contributed by atoms with Crippen molar-refractivity contribution in [2.45, 2.75) is 19.1 Å². The van der Waals surface area contributed by atoms with E-state index in [1.165, 1.54) is 19.3 Å². The topological polar surface area (TPSA) is 126 Å². The number of primary amides is 1. The standard InChI is InChI=1S/C18H17F3N6O2/c1-9(17(29)26-8-18(19,20)21)27-12-2-10(4-23-6-12)14-7-25-16-13(14)3-11(5-24-16)15(22)28/h2-7,9,27H,8H2,1H3,(H2,22,28)(H,24,25)(H,26,29). The molecule has 0 spiro atoms. The van der Waals surface area contributed by atoms with Gasteiger partial charge in [0.1, 0.15) is 18.2 Å². The molecule has 1 unspecified atom stereocenters. The Morgan fingerprint density at radius 1 is 1.24 bits per heavy atom. The van der Waals surface area contributed by atoms with Crippen LogP contribution in [0, 0.1) is 0 Å². The summed E-state index contributed by atoms with van der Waals surface area (Å²) in [6.45, 7) is 0.0355. The van der Waals surface area contributed by atoms with Crippen LogP contribution in [0.4, 0.5) is 18.9 Å². The zero-order chi connectivity index (χ0) is 21.2. The fourth-order valence-electron chi connectivity index (χ4n) is 2.70. The molecule has 0 aliphatic rings. The van der Waals surface area contributed by atoms with Crippen LogP contribution in [0.1, 0.15) is 17.3 Å². The Labute approximate surface area is 162 Å². The number of hydrogen-bond acceptors (Lipinski definition) is 5. The number of nitrogens with two attached hydrogens (primary N) is 1. The number of rotatable bonds is 6. The van der Waals surface area contributed by atoms with Gasteiger partial charge in [0, 0.05) is 41.3 Å². The molecule has 3 aromatic heterocycles. The molecular formula is C18H17F3N6O2. The van der Waals surface area contributed by atoms with E-state index in [4.69, 9.17) is 5.73 Å². The summed E-state index contributed by atoms with van der Waals surface area (Å²) in [6.07, 6.45) is 1.58. The van der Waals surface area contributed by atoms with E-state index in [1.54, 1.807) is 24.5 Å². The van der Waals surface area contributed by atoms with Crippen LogP contribution in [0.25, 0.3) is 22.2 Å². The van der Waals surface area contributed by atoms with Gasteiger partial charge in [-0.15, -0.1) is 0 Å². The number of aromatic amines is 1. The summed E-state index contributed by atoms with van der Waals surface area (Å²) in [4.78, 5) is 34.5. The molecule has 0 aliphatic heterocycles. The van der Waals surface area contributed by atoms with Gasteiger partial charge in [-0.1, -0.05) is 0 Å². The van der Waals surface area contributed by atoms with Crippen LogP contribution >= 0.6 is 0 Å². The van der Waals surface area contributed by atoms with Crippen molar-refractivity contribution < 1.29 is 22.8 Å². The summed E-state index contributed by atoms with van der Waals surface area (Å²) < 4.78 is 36.7. The lowest BCUT2D eigenvalue weighted by Gasteiger charge is -2.16. The van der Waals surface area contributed by atoms with Crippen molar-refractivity contribution in [1.82, 2.24) is 20.3 Å². The number of fused-ring (bicyclic) bond motifs is 1. The molecule has 3 heterocycles. The van der Waals surface area contributed by atoms with E-state index in [-0.39, 0.29) is 5.56 Å². The normalized spacial score (nSPS) is 12.6. The first-order valence-electron chi connectivity index (χ1n) is 8.47. The summed E-state index contributed by atoms with van der Waals surface area (Å²) in [7, 11) is 0. The highest BCUT2D eigenvalue weighted by Gasteiger charge is 2.28. The lowest BCUT2D eigenvalue weighted by Crippen LogP contribution is -2.42. The van der Waals surface area contributed by atoms with Gasteiger partial charge in [-0.05, 0) is 19.1 Å². The van der Waals surface area contributed by atoms with Crippen LogP contribution < -0.4 is 16.4 Å². The maximum absolute atomic E-state index is 12.2. The number of carbonyl (C=O) groups is 2. The van der Waals surface area contributed by atoms with E-state index in [0.29, 0.717) is 27.8 Å². The van der Waals surface area contributed by atoms with Gasteiger partial charge in [-0.25, -0.2) is 4.98 Å². The molecule has 0 radical (unpaired) electrons. The van der Waals surface area contributed by atoms with Gasteiger partial charge >= 0.3 is 6.18 Å².